The van der Waals surface area contributed by atoms with Crippen molar-refractivity contribution < 1.29 is 22.7 Å². The first-order chi connectivity index (χ1) is 15.7. The molecule has 1 heterocycles. The van der Waals surface area contributed by atoms with Crippen LogP contribution in [0.4, 0.5) is 5.69 Å². The number of hydrogen-bond donors (Lipinski definition) is 1. The minimum Gasteiger partial charge on any atom is -0.453 e. The van der Waals surface area contributed by atoms with E-state index in [1.165, 1.54) is 4.31 Å². The van der Waals surface area contributed by atoms with E-state index in [-0.39, 0.29) is 17.2 Å². The molecule has 8 heteroatoms. The molecule has 2 aromatic rings. The molecule has 0 radical (unpaired) electrons. The number of nitrogens with one attached hydrogen (secondary N) is 1. The number of sulfonamides is 1. The van der Waals surface area contributed by atoms with E-state index in [1.807, 2.05) is 32.0 Å². The third-order valence-corrected chi connectivity index (χ3v) is 7.74. The number of amides is 1. The van der Waals surface area contributed by atoms with Crippen LogP contribution in [-0.4, -0.2) is 43.8 Å². The summed E-state index contributed by atoms with van der Waals surface area (Å²) >= 11 is 0. The van der Waals surface area contributed by atoms with E-state index < -0.39 is 22.1 Å². The Morgan fingerprint density at radius 2 is 1.70 bits per heavy atom. The van der Waals surface area contributed by atoms with Crippen molar-refractivity contribution in [3.05, 3.63) is 59.2 Å². The molecule has 1 atom stereocenters. The van der Waals surface area contributed by atoms with Crippen molar-refractivity contribution in [1.29, 1.82) is 0 Å². The summed E-state index contributed by atoms with van der Waals surface area (Å²) in [5.41, 5.74) is 3.48. The van der Waals surface area contributed by atoms with Crippen LogP contribution in [0.5, 0.6) is 0 Å². The van der Waals surface area contributed by atoms with Crippen LogP contribution in [-0.2, 0) is 30.8 Å². The van der Waals surface area contributed by atoms with Gasteiger partial charge in [-0.2, -0.15) is 4.31 Å². The van der Waals surface area contributed by atoms with Gasteiger partial charge < -0.3 is 10.1 Å². The zero-order valence-electron chi connectivity index (χ0n) is 19.5. The lowest BCUT2D eigenvalue weighted by molar-refractivity contribution is -0.153. The highest BCUT2D eigenvalue weighted by Crippen LogP contribution is 2.21. The summed E-state index contributed by atoms with van der Waals surface area (Å²) in [6.07, 6.45) is 2.41. The van der Waals surface area contributed by atoms with E-state index in [1.54, 1.807) is 31.2 Å². The molecular formula is C25H32N2O5S. The summed E-state index contributed by atoms with van der Waals surface area (Å²) in [6, 6.07) is 12.4. The molecule has 1 aliphatic heterocycles. The van der Waals surface area contributed by atoms with Crippen molar-refractivity contribution in [2.24, 2.45) is 0 Å². The number of rotatable bonds is 8. The van der Waals surface area contributed by atoms with Gasteiger partial charge in [-0.05, 0) is 74.9 Å². The normalized spacial score (nSPS) is 15.6. The topological polar surface area (TPSA) is 92.8 Å². The first-order valence-corrected chi connectivity index (χ1v) is 12.8. The number of piperidine rings is 1. The number of carbonyl (C=O) groups is 2. The fraction of sp³-hybridized carbons (Fsp3) is 0.440. The zero-order valence-corrected chi connectivity index (χ0v) is 20.3. The van der Waals surface area contributed by atoms with Crippen molar-refractivity contribution in [3.63, 3.8) is 0 Å². The van der Waals surface area contributed by atoms with Crippen molar-refractivity contribution in [3.8, 4) is 0 Å². The zero-order chi connectivity index (χ0) is 24.0. The summed E-state index contributed by atoms with van der Waals surface area (Å²) < 4.78 is 32.3. The Bertz CT molecular complexity index is 1090. The van der Waals surface area contributed by atoms with Gasteiger partial charge in [0.05, 0.1) is 4.90 Å². The number of anilines is 1. The molecule has 1 N–H and O–H groups in total. The molecule has 0 saturated carbocycles. The van der Waals surface area contributed by atoms with Crippen LogP contribution < -0.4 is 5.32 Å². The lowest BCUT2D eigenvalue weighted by atomic mass is 10.1. The fourth-order valence-electron chi connectivity index (χ4n) is 3.74. The van der Waals surface area contributed by atoms with Gasteiger partial charge in [0.15, 0.2) is 6.10 Å². The molecule has 0 bridgehead atoms. The highest BCUT2D eigenvalue weighted by Gasteiger charge is 2.25. The molecule has 7 nitrogen and oxygen atoms in total. The van der Waals surface area contributed by atoms with E-state index >= 15 is 0 Å². The molecule has 0 aromatic heterocycles. The Morgan fingerprint density at radius 1 is 1.03 bits per heavy atom. The predicted octanol–water partition coefficient (Wildman–Crippen LogP) is 3.98. The Hall–Kier alpha value is -2.71. The monoisotopic (exact) mass is 472 g/mol. The molecule has 0 spiro atoms. The third-order valence-electron chi connectivity index (χ3n) is 5.82. The largest absolute Gasteiger partial charge is 0.453 e. The van der Waals surface area contributed by atoms with E-state index in [4.69, 9.17) is 4.74 Å². The molecule has 1 fully saturated rings. The standard InChI is InChI=1S/C25H32N2O5S/c1-18-7-8-19(2)23(17-18)26-25(29)20(3)32-24(28)14-11-21-9-12-22(13-10-21)33(30,31)27-15-5-4-6-16-27/h7-10,12-13,17,20H,4-6,11,14-16H2,1-3H3,(H,26,29). The van der Waals surface area contributed by atoms with Gasteiger partial charge in [-0.25, -0.2) is 8.42 Å². The van der Waals surface area contributed by atoms with Gasteiger partial charge in [0, 0.05) is 25.2 Å². The Balaban J connectivity index is 1.50. The first-order valence-electron chi connectivity index (χ1n) is 11.3. The Morgan fingerprint density at radius 3 is 2.36 bits per heavy atom. The van der Waals surface area contributed by atoms with Crippen LogP contribution in [0.15, 0.2) is 47.4 Å². The SMILES string of the molecule is Cc1ccc(C)c(NC(=O)C(C)OC(=O)CCc2ccc(S(=O)(=O)N3CCCCC3)cc2)c1. The highest BCUT2D eigenvalue weighted by atomic mass is 32.2. The second-order valence-corrected chi connectivity index (χ2v) is 10.5. The number of aryl methyl sites for hydroxylation is 3. The Kier molecular flexibility index (Phi) is 8.26. The van der Waals surface area contributed by atoms with Crippen molar-refractivity contribution in [1.82, 2.24) is 4.31 Å². The third kappa shape index (κ3) is 6.65. The summed E-state index contributed by atoms with van der Waals surface area (Å²) in [5.74, 6) is -0.868. The lowest BCUT2D eigenvalue weighted by Gasteiger charge is -2.25. The molecule has 1 amide bonds. The maximum atomic E-state index is 12.7. The smallest absolute Gasteiger partial charge is 0.306 e. The summed E-state index contributed by atoms with van der Waals surface area (Å²) in [7, 11) is -3.47. The lowest BCUT2D eigenvalue weighted by Crippen LogP contribution is -2.35. The summed E-state index contributed by atoms with van der Waals surface area (Å²) in [6.45, 7) is 6.50. The molecular weight excluding hydrogens is 440 g/mol. The van der Waals surface area contributed by atoms with Gasteiger partial charge in [0.1, 0.15) is 0 Å². The fourth-order valence-corrected chi connectivity index (χ4v) is 5.26. The molecule has 178 valence electrons. The summed E-state index contributed by atoms with van der Waals surface area (Å²) in [5, 5.41) is 2.80. The maximum Gasteiger partial charge on any atom is 0.306 e. The molecule has 1 aliphatic rings. The van der Waals surface area contributed by atoms with E-state index in [0.29, 0.717) is 25.2 Å². The first kappa shape index (κ1) is 24.9. The number of hydrogen-bond acceptors (Lipinski definition) is 5. The van der Waals surface area contributed by atoms with Crippen LogP contribution in [0, 0.1) is 13.8 Å². The van der Waals surface area contributed by atoms with Gasteiger partial charge in [0.2, 0.25) is 10.0 Å². The maximum absolute atomic E-state index is 12.7. The van der Waals surface area contributed by atoms with Gasteiger partial charge in [-0.3, -0.25) is 9.59 Å². The number of benzene rings is 2. The number of carbonyl (C=O) groups excluding carboxylic acids is 2. The van der Waals surface area contributed by atoms with Crippen molar-refractivity contribution >= 4 is 27.6 Å². The van der Waals surface area contributed by atoms with E-state index in [0.717, 1.165) is 36.0 Å². The minimum atomic E-state index is -3.47. The van der Waals surface area contributed by atoms with Gasteiger partial charge in [-0.1, -0.05) is 30.7 Å². The number of ether oxygens (including phenoxy) is 1. The van der Waals surface area contributed by atoms with Crippen LogP contribution >= 0.6 is 0 Å². The van der Waals surface area contributed by atoms with Gasteiger partial charge in [-0.15, -0.1) is 0 Å². The van der Waals surface area contributed by atoms with Crippen LogP contribution in [0.25, 0.3) is 0 Å². The van der Waals surface area contributed by atoms with Crippen molar-refractivity contribution in [2.45, 2.75) is 63.9 Å². The predicted molar refractivity (Wildman–Crippen MR) is 127 cm³/mol. The van der Waals surface area contributed by atoms with Crippen LogP contribution in [0.2, 0.25) is 0 Å². The van der Waals surface area contributed by atoms with Gasteiger partial charge >= 0.3 is 5.97 Å². The highest BCUT2D eigenvalue weighted by molar-refractivity contribution is 7.89. The average molecular weight is 473 g/mol. The molecule has 1 saturated heterocycles. The number of nitrogens with zero attached hydrogens (tertiary/aromatic N) is 1. The summed E-state index contributed by atoms with van der Waals surface area (Å²) in [4.78, 5) is 24.9. The quantitative estimate of drug-likeness (QED) is 0.587. The second kappa shape index (κ2) is 10.9. The molecule has 3 rings (SSSR count). The Labute approximate surface area is 196 Å². The van der Waals surface area contributed by atoms with E-state index in [9.17, 15) is 18.0 Å². The number of esters is 1. The van der Waals surface area contributed by atoms with E-state index in [2.05, 4.69) is 5.32 Å². The minimum absolute atomic E-state index is 0.0965. The molecule has 0 aliphatic carbocycles. The van der Waals surface area contributed by atoms with Crippen LogP contribution in [0.1, 0.15) is 49.3 Å². The molecule has 2 aromatic carbocycles. The van der Waals surface area contributed by atoms with Crippen molar-refractivity contribution in [2.75, 3.05) is 18.4 Å². The second-order valence-electron chi connectivity index (χ2n) is 8.55. The molecule has 33 heavy (non-hydrogen) atoms. The van der Waals surface area contributed by atoms with Crippen LogP contribution in [0.3, 0.4) is 0 Å². The van der Waals surface area contributed by atoms with Gasteiger partial charge in [0.25, 0.3) is 5.91 Å². The average Bonchev–Trinajstić information content (AvgIpc) is 2.81. The molecule has 1 unspecified atom stereocenters.